The molecule has 0 radical (unpaired) electrons. The van der Waals surface area contributed by atoms with Crippen LogP contribution in [0.25, 0.3) is 21.7 Å². The van der Waals surface area contributed by atoms with Gasteiger partial charge < -0.3 is 9.15 Å². The van der Waals surface area contributed by atoms with Gasteiger partial charge in [-0.2, -0.15) is 0 Å². The van der Waals surface area contributed by atoms with Crippen LogP contribution in [0.2, 0.25) is 10.0 Å². The number of aryl methyl sites for hydroxylation is 1. The largest absolute Gasteiger partial charge is 0.488 e. The van der Waals surface area contributed by atoms with Crippen molar-refractivity contribution in [2.75, 3.05) is 0 Å². The van der Waals surface area contributed by atoms with Crippen molar-refractivity contribution >= 4 is 44.9 Å². The van der Waals surface area contributed by atoms with Crippen molar-refractivity contribution in [2.24, 2.45) is 0 Å². The van der Waals surface area contributed by atoms with Gasteiger partial charge in [-0.15, -0.1) is 0 Å². The summed E-state index contributed by atoms with van der Waals surface area (Å²) in [6.45, 7) is 2.17. The van der Waals surface area contributed by atoms with Gasteiger partial charge in [0, 0.05) is 26.6 Å². The van der Waals surface area contributed by atoms with Crippen molar-refractivity contribution in [3.05, 3.63) is 86.2 Å². The first-order chi connectivity index (χ1) is 12.5. The average Bonchev–Trinajstić information content (AvgIpc) is 2.63. The Balaban J connectivity index is 1.76. The number of benzene rings is 3. The van der Waals surface area contributed by atoms with E-state index in [0.717, 1.165) is 21.9 Å². The minimum atomic E-state index is -0.353. The molecule has 5 heteroatoms. The summed E-state index contributed by atoms with van der Waals surface area (Å²) in [7, 11) is 0. The number of halogens is 2. The first-order valence-corrected chi connectivity index (χ1v) is 8.82. The van der Waals surface area contributed by atoms with Crippen LogP contribution in [0.4, 0.5) is 0 Å². The van der Waals surface area contributed by atoms with Crippen LogP contribution in [-0.4, -0.2) is 0 Å². The number of hydrogen-bond donors (Lipinski definition) is 0. The number of fused-ring (bicyclic) bond motifs is 3. The van der Waals surface area contributed by atoms with Crippen molar-refractivity contribution < 1.29 is 9.15 Å². The fourth-order valence-electron chi connectivity index (χ4n) is 3.01. The van der Waals surface area contributed by atoms with E-state index in [4.69, 9.17) is 32.4 Å². The highest BCUT2D eigenvalue weighted by Crippen LogP contribution is 2.31. The van der Waals surface area contributed by atoms with Gasteiger partial charge in [0.25, 0.3) is 0 Å². The highest BCUT2D eigenvalue weighted by molar-refractivity contribution is 6.35. The SMILES string of the molecule is Cc1c(OCc2ccc(Cl)cc2Cl)ccc2c1oc(=O)c1ccccc12. The van der Waals surface area contributed by atoms with Gasteiger partial charge in [-0.1, -0.05) is 47.5 Å². The Morgan fingerprint density at radius 3 is 2.50 bits per heavy atom. The van der Waals surface area contributed by atoms with E-state index in [1.165, 1.54) is 0 Å². The van der Waals surface area contributed by atoms with Crippen molar-refractivity contribution in [2.45, 2.75) is 13.5 Å². The van der Waals surface area contributed by atoms with Gasteiger partial charge in [0.05, 0.1) is 5.39 Å². The van der Waals surface area contributed by atoms with E-state index < -0.39 is 0 Å². The lowest BCUT2D eigenvalue weighted by Gasteiger charge is -2.12. The summed E-state index contributed by atoms with van der Waals surface area (Å²) >= 11 is 12.1. The van der Waals surface area contributed by atoms with Gasteiger partial charge in [0.2, 0.25) is 0 Å². The maximum atomic E-state index is 12.3. The molecule has 0 saturated carbocycles. The Labute approximate surface area is 159 Å². The van der Waals surface area contributed by atoms with Gasteiger partial charge in [0.15, 0.2) is 0 Å². The van der Waals surface area contributed by atoms with Crippen LogP contribution < -0.4 is 10.4 Å². The topological polar surface area (TPSA) is 39.4 Å². The van der Waals surface area contributed by atoms with Crippen LogP contribution in [0.3, 0.4) is 0 Å². The number of rotatable bonds is 3. The van der Waals surface area contributed by atoms with E-state index in [0.29, 0.717) is 33.4 Å². The van der Waals surface area contributed by atoms with E-state index in [9.17, 15) is 4.79 Å². The zero-order valence-corrected chi connectivity index (χ0v) is 15.4. The van der Waals surface area contributed by atoms with Gasteiger partial charge in [-0.25, -0.2) is 4.79 Å². The molecule has 0 aliphatic heterocycles. The standard InChI is InChI=1S/C21H14Cl2O3/c1-12-19(25-11-13-6-7-14(22)10-18(13)23)9-8-16-15-4-2-3-5-17(15)21(24)26-20(12)16/h2-10H,11H2,1H3. The molecule has 0 atom stereocenters. The Kier molecular flexibility index (Phi) is 4.35. The van der Waals surface area contributed by atoms with Crippen LogP contribution in [0.15, 0.2) is 63.8 Å². The smallest absolute Gasteiger partial charge is 0.344 e. The molecular formula is C21H14Cl2O3. The zero-order valence-electron chi connectivity index (χ0n) is 13.9. The molecule has 26 heavy (non-hydrogen) atoms. The van der Waals surface area contributed by atoms with E-state index in [2.05, 4.69) is 0 Å². The van der Waals surface area contributed by atoms with E-state index in [1.54, 1.807) is 18.2 Å². The van der Waals surface area contributed by atoms with Crippen LogP contribution in [-0.2, 0) is 6.61 Å². The summed E-state index contributed by atoms with van der Waals surface area (Å²) in [6, 6.07) is 16.5. The van der Waals surface area contributed by atoms with Crippen LogP contribution in [0, 0.1) is 6.92 Å². The molecule has 3 nitrogen and oxygen atoms in total. The van der Waals surface area contributed by atoms with Gasteiger partial charge >= 0.3 is 5.63 Å². The van der Waals surface area contributed by atoms with Crippen molar-refractivity contribution in [3.8, 4) is 5.75 Å². The lowest BCUT2D eigenvalue weighted by atomic mass is 10.0. The van der Waals surface area contributed by atoms with Gasteiger partial charge in [-0.05, 0) is 42.6 Å². The summed E-state index contributed by atoms with van der Waals surface area (Å²) in [5.41, 5.74) is 1.79. The normalized spacial score (nSPS) is 11.2. The van der Waals surface area contributed by atoms with Crippen LogP contribution in [0.1, 0.15) is 11.1 Å². The van der Waals surface area contributed by atoms with Crippen molar-refractivity contribution in [1.29, 1.82) is 0 Å². The average molecular weight is 385 g/mol. The molecule has 130 valence electrons. The minimum absolute atomic E-state index is 0.292. The summed E-state index contributed by atoms with van der Waals surface area (Å²) in [5.74, 6) is 0.641. The molecule has 1 heterocycles. The quantitative estimate of drug-likeness (QED) is 0.314. The molecule has 0 bridgehead atoms. The Bertz CT molecular complexity index is 1200. The summed E-state index contributed by atoms with van der Waals surface area (Å²) in [6.07, 6.45) is 0. The molecule has 0 aliphatic carbocycles. The maximum Gasteiger partial charge on any atom is 0.344 e. The molecule has 0 unspecified atom stereocenters. The first kappa shape index (κ1) is 17.0. The third kappa shape index (κ3) is 2.94. The van der Waals surface area contributed by atoms with Crippen molar-refractivity contribution in [3.63, 3.8) is 0 Å². The van der Waals surface area contributed by atoms with E-state index in [1.807, 2.05) is 43.3 Å². The third-order valence-corrected chi connectivity index (χ3v) is 4.97. The molecule has 0 fully saturated rings. The zero-order chi connectivity index (χ0) is 18.3. The molecule has 1 aromatic heterocycles. The molecule has 0 amide bonds. The molecule has 0 N–H and O–H groups in total. The first-order valence-electron chi connectivity index (χ1n) is 8.06. The van der Waals surface area contributed by atoms with Gasteiger partial charge in [0.1, 0.15) is 17.9 Å². The lowest BCUT2D eigenvalue weighted by molar-refractivity contribution is 0.304. The third-order valence-electron chi connectivity index (χ3n) is 4.39. The second-order valence-corrected chi connectivity index (χ2v) is 6.87. The molecule has 0 saturated heterocycles. The molecular weight excluding hydrogens is 371 g/mol. The molecule has 0 spiro atoms. The summed E-state index contributed by atoms with van der Waals surface area (Å²) in [5, 5.41) is 3.45. The summed E-state index contributed by atoms with van der Waals surface area (Å²) < 4.78 is 11.5. The predicted octanol–water partition coefficient (Wildman–Crippen LogP) is 6.14. The van der Waals surface area contributed by atoms with Crippen molar-refractivity contribution in [1.82, 2.24) is 0 Å². The number of ether oxygens (including phenoxy) is 1. The highest BCUT2D eigenvalue weighted by atomic mass is 35.5. The van der Waals surface area contributed by atoms with E-state index >= 15 is 0 Å². The fraction of sp³-hybridized carbons (Fsp3) is 0.0952. The highest BCUT2D eigenvalue weighted by Gasteiger charge is 2.13. The van der Waals surface area contributed by atoms with Crippen LogP contribution in [0.5, 0.6) is 5.75 Å². The Hall–Kier alpha value is -2.49. The molecule has 0 aliphatic rings. The fourth-order valence-corrected chi connectivity index (χ4v) is 3.47. The maximum absolute atomic E-state index is 12.3. The predicted molar refractivity (Wildman–Crippen MR) is 106 cm³/mol. The molecule has 4 rings (SSSR count). The summed E-state index contributed by atoms with van der Waals surface area (Å²) in [4.78, 5) is 12.3. The molecule has 3 aromatic carbocycles. The van der Waals surface area contributed by atoms with Crippen LogP contribution >= 0.6 is 23.2 Å². The Morgan fingerprint density at radius 1 is 0.962 bits per heavy atom. The minimum Gasteiger partial charge on any atom is -0.488 e. The molecule has 4 aromatic rings. The second kappa shape index (κ2) is 6.67. The van der Waals surface area contributed by atoms with E-state index in [-0.39, 0.29) is 5.63 Å². The lowest BCUT2D eigenvalue weighted by Crippen LogP contribution is -2.02. The Morgan fingerprint density at radius 2 is 1.73 bits per heavy atom. The monoisotopic (exact) mass is 384 g/mol. The number of hydrogen-bond acceptors (Lipinski definition) is 3. The second-order valence-electron chi connectivity index (χ2n) is 6.02. The van der Waals surface area contributed by atoms with Gasteiger partial charge in [-0.3, -0.25) is 0 Å².